The molecule has 2 fully saturated rings. The lowest BCUT2D eigenvalue weighted by Crippen LogP contribution is -2.37. The maximum absolute atomic E-state index is 2.76. The van der Waals surface area contributed by atoms with E-state index < -0.39 is 0 Å². The van der Waals surface area contributed by atoms with Gasteiger partial charge in [0.2, 0.25) is 0 Å². The molecule has 1 aliphatic heterocycles. The SMILES string of the molecule is Cc1ccccc1-c1ccc(C2CCCN(CC3CCCC3)C2)cc1C. The van der Waals surface area contributed by atoms with Crippen molar-refractivity contribution in [2.24, 2.45) is 5.92 Å². The Morgan fingerprint density at radius 2 is 1.62 bits per heavy atom. The molecule has 1 heterocycles. The van der Waals surface area contributed by atoms with Gasteiger partial charge in [-0.15, -0.1) is 0 Å². The second-order valence-electron chi connectivity index (χ2n) is 8.64. The van der Waals surface area contributed by atoms with Crippen LogP contribution in [0.2, 0.25) is 0 Å². The molecule has 0 amide bonds. The predicted molar refractivity (Wildman–Crippen MR) is 112 cm³/mol. The first-order chi connectivity index (χ1) is 12.7. The van der Waals surface area contributed by atoms with Crippen LogP contribution >= 0.6 is 0 Å². The van der Waals surface area contributed by atoms with Gasteiger partial charge in [-0.25, -0.2) is 0 Å². The van der Waals surface area contributed by atoms with Crippen LogP contribution in [0.15, 0.2) is 42.5 Å². The average molecular weight is 348 g/mol. The molecule has 0 radical (unpaired) electrons. The molecule has 2 aromatic carbocycles. The molecule has 1 unspecified atom stereocenters. The third kappa shape index (κ3) is 3.88. The van der Waals surface area contributed by atoms with Crippen LogP contribution in [0.5, 0.6) is 0 Å². The van der Waals surface area contributed by atoms with Crippen molar-refractivity contribution in [3.63, 3.8) is 0 Å². The first kappa shape index (κ1) is 17.8. The summed E-state index contributed by atoms with van der Waals surface area (Å²) in [6, 6.07) is 16.0. The van der Waals surface area contributed by atoms with Crippen molar-refractivity contribution in [2.75, 3.05) is 19.6 Å². The monoisotopic (exact) mass is 347 g/mol. The van der Waals surface area contributed by atoms with E-state index in [1.807, 2.05) is 0 Å². The quantitative estimate of drug-likeness (QED) is 0.624. The highest BCUT2D eigenvalue weighted by Crippen LogP contribution is 2.33. The molecule has 1 atom stereocenters. The van der Waals surface area contributed by atoms with Gasteiger partial charge in [-0.2, -0.15) is 0 Å². The molecular weight excluding hydrogens is 314 g/mol. The molecule has 1 aliphatic carbocycles. The van der Waals surface area contributed by atoms with E-state index in [2.05, 4.69) is 61.2 Å². The fourth-order valence-corrected chi connectivity index (χ4v) is 5.17. The minimum atomic E-state index is 0.717. The molecule has 1 nitrogen and oxygen atoms in total. The van der Waals surface area contributed by atoms with E-state index in [4.69, 9.17) is 0 Å². The van der Waals surface area contributed by atoms with Gasteiger partial charge in [0.1, 0.15) is 0 Å². The predicted octanol–water partition coefficient (Wildman–Crippen LogP) is 6.34. The molecule has 1 saturated heterocycles. The van der Waals surface area contributed by atoms with Gasteiger partial charge in [0.05, 0.1) is 0 Å². The van der Waals surface area contributed by atoms with E-state index in [0.717, 1.165) is 11.8 Å². The second-order valence-corrected chi connectivity index (χ2v) is 8.64. The summed E-state index contributed by atoms with van der Waals surface area (Å²) in [5, 5.41) is 0. The Morgan fingerprint density at radius 3 is 2.38 bits per heavy atom. The summed E-state index contributed by atoms with van der Waals surface area (Å²) in [7, 11) is 0. The minimum absolute atomic E-state index is 0.717. The standard InChI is InChI=1S/C25H33N/c1-19-8-3-6-12-24(19)25-14-13-22(16-20(25)2)23-11-7-15-26(18-23)17-21-9-4-5-10-21/h3,6,8,12-14,16,21,23H,4-5,7,9-11,15,17-18H2,1-2H3. The molecule has 4 rings (SSSR count). The lowest BCUT2D eigenvalue weighted by atomic mass is 9.87. The number of aryl methyl sites for hydroxylation is 2. The van der Waals surface area contributed by atoms with E-state index in [1.54, 1.807) is 5.56 Å². The molecule has 26 heavy (non-hydrogen) atoms. The summed E-state index contributed by atoms with van der Waals surface area (Å²) in [6.45, 7) is 8.42. The maximum Gasteiger partial charge on any atom is 0.00504 e. The van der Waals surface area contributed by atoms with E-state index in [-0.39, 0.29) is 0 Å². The molecule has 0 spiro atoms. The Kier molecular flexibility index (Phi) is 5.45. The lowest BCUT2D eigenvalue weighted by Gasteiger charge is -2.34. The Balaban J connectivity index is 1.49. The summed E-state index contributed by atoms with van der Waals surface area (Å²) in [5.41, 5.74) is 7.11. The zero-order chi connectivity index (χ0) is 17.9. The van der Waals surface area contributed by atoms with E-state index in [0.29, 0.717) is 0 Å². The van der Waals surface area contributed by atoms with Gasteiger partial charge in [0.15, 0.2) is 0 Å². The van der Waals surface area contributed by atoms with Gasteiger partial charge >= 0.3 is 0 Å². The third-order valence-electron chi connectivity index (χ3n) is 6.65. The van der Waals surface area contributed by atoms with Crippen LogP contribution in [0.4, 0.5) is 0 Å². The molecule has 138 valence electrons. The molecule has 2 aromatic rings. The summed E-state index contributed by atoms with van der Waals surface area (Å²) in [5.74, 6) is 1.69. The van der Waals surface area contributed by atoms with E-state index in [9.17, 15) is 0 Å². The van der Waals surface area contributed by atoms with Crippen molar-refractivity contribution in [1.82, 2.24) is 4.90 Å². The molecular formula is C25H33N. The lowest BCUT2D eigenvalue weighted by molar-refractivity contribution is 0.179. The topological polar surface area (TPSA) is 3.24 Å². The maximum atomic E-state index is 2.76. The largest absolute Gasteiger partial charge is 0.302 e. The highest BCUT2D eigenvalue weighted by atomic mass is 15.1. The van der Waals surface area contributed by atoms with Gasteiger partial charge < -0.3 is 4.90 Å². The fourth-order valence-electron chi connectivity index (χ4n) is 5.17. The molecule has 0 bridgehead atoms. The number of hydrogen-bond donors (Lipinski definition) is 0. The zero-order valence-corrected chi connectivity index (χ0v) is 16.5. The van der Waals surface area contributed by atoms with E-state index in [1.165, 1.54) is 80.4 Å². The van der Waals surface area contributed by atoms with Crippen molar-refractivity contribution < 1.29 is 0 Å². The number of benzene rings is 2. The summed E-state index contributed by atoms with van der Waals surface area (Å²) < 4.78 is 0. The average Bonchev–Trinajstić information content (AvgIpc) is 3.16. The first-order valence-electron chi connectivity index (χ1n) is 10.6. The van der Waals surface area contributed by atoms with Crippen LogP contribution < -0.4 is 0 Å². The third-order valence-corrected chi connectivity index (χ3v) is 6.65. The Bertz CT molecular complexity index is 742. The van der Waals surface area contributed by atoms with Crippen LogP contribution in [-0.4, -0.2) is 24.5 Å². The van der Waals surface area contributed by atoms with Crippen molar-refractivity contribution in [3.8, 4) is 11.1 Å². The van der Waals surface area contributed by atoms with Gasteiger partial charge in [-0.05, 0) is 85.7 Å². The number of rotatable bonds is 4. The fraction of sp³-hybridized carbons (Fsp3) is 0.520. The highest BCUT2D eigenvalue weighted by molar-refractivity contribution is 5.70. The van der Waals surface area contributed by atoms with Gasteiger partial charge in [-0.3, -0.25) is 0 Å². The molecule has 1 heteroatoms. The zero-order valence-electron chi connectivity index (χ0n) is 16.5. The molecule has 1 saturated carbocycles. The number of piperidine rings is 1. The minimum Gasteiger partial charge on any atom is -0.302 e. The Morgan fingerprint density at radius 1 is 0.846 bits per heavy atom. The van der Waals surface area contributed by atoms with Crippen molar-refractivity contribution in [3.05, 3.63) is 59.2 Å². The number of hydrogen-bond acceptors (Lipinski definition) is 1. The smallest absolute Gasteiger partial charge is 0.00504 e. The number of nitrogens with zero attached hydrogens (tertiary/aromatic N) is 1. The van der Waals surface area contributed by atoms with E-state index >= 15 is 0 Å². The van der Waals surface area contributed by atoms with Crippen molar-refractivity contribution in [1.29, 1.82) is 0 Å². The van der Waals surface area contributed by atoms with Gasteiger partial charge in [0.25, 0.3) is 0 Å². The van der Waals surface area contributed by atoms with Crippen molar-refractivity contribution in [2.45, 2.75) is 58.3 Å². The van der Waals surface area contributed by atoms with Crippen molar-refractivity contribution >= 4 is 0 Å². The summed E-state index contributed by atoms with van der Waals surface area (Å²) >= 11 is 0. The van der Waals surface area contributed by atoms with Crippen LogP contribution in [0.1, 0.15) is 61.1 Å². The second kappa shape index (κ2) is 7.96. The normalized spacial score (nSPS) is 22.0. The van der Waals surface area contributed by atoms with Gasteiger partial charge in [-0.1, -0.05) is 55.3 Å². The van der Waals surface area contributed by atoms with Crippen LogP contribution in [0, 0.1) is 19.8 Å². The summed E-state index contributed by atoms with van der Waals surface area (Å²) in [4.78, 5) is 2.76. The van der Waals surface area contributed by atoms with Crippen LogP contribution in [-0.2, 0) is 0 Å². The molecule has 0 aromatic heterocycles. The van der Waals surface area contributed by atoms with Gasteiger partial charge in [0, 0.05) is 13.1 Å². The van der Waals surface area contributed by atoms with Crippen LogP contribution in [0.25, 0.3) is 11.1 Å². The molecule has 0 N–H and O–H groups in total. The molecule has 2 aliphatic rings. The number of likely N-dealkylation sites (tertiary alicyclic amines) is 1. The van der Waals surface area contributed by atoms with Crippen LogP contribution in [0.3, 0.4) is 0 Å². The Labute approximate surface area is 159 Å². The summed E-state index contributed by atoms with van der Waals surface area (Å²) in [6.07, 6.45) is 8.56. The highest BCUT2D eigenvalue weighted by Gasteiger charge is 2.25. The Hall–Kier alpha value is -1.60. The first-order valence-corrected chi connectivity index (χ1v) is 10.6.